The van der Waals surface area contributed by atoms with E-state index in [0.29, 0.717) is 23.0 Å². The largest absolute Gasteiger partial charge is 0.485 e. The summed E-state index contributed by atoms with van der Waals surface area (Å²) in [4.78, 5) is 31.8. The number of hydrogen-bond acceptors (Lipinski definition) is 5. The third-order valence-corrected chi connectivity index (χ3v) is 4.46. The van der Waals surface area contributed by atoms with Crippen LogP contribution in [0.15, 0.2) is 35.4 Å². The summed E-state index contributed by atoms with van der Waals surface area (Å²) in [6.07, 6.45) is 2.28. The molecule has 0 bridgehead atoms. The molecule has 0 unspecified atom stereocenters. The van der Waals surface area contributed by atoms with Crippen LogP contribution in [-0.2, 0) is 6.61 Å². The van der Waals surface area contributed by atoms with Gasteiger partial charge in [-0.2, -0.15) is 0 Å². The van der Waals surface area contributed by atoms with Crippen LogP contribution >= 0.6 is 11.6 Å². The molecule has 0 aliphatic rings. The second kappa shape index (κ2) is 7.96. The normalized spacial score (nSPS) is 10.8. The fourth-order valence-electron chi connectivity index (χ4n) is 2.67. The zero-order valence-corrected chi connectivity index (χ0v) is 16.1. The Morgan fingerprint density at radius 2 is 1.93 bits per heavy atom. The van der Waals surface area contributed by atoms with Crippen LogP contribution in [0.3, 0.4) is 0 Å². The lowest BCUT2D eigenvalue weighted by atomic mass is 10.2. The van der Waals surface area contributed by atoms with E-state index in [1.54, 1.807) is 13.8 Å². The molecule has 0 radical (unpaired) electrons. The molecule has 10 heteroatoms. The predicted molar refractivity (Wildman–Crippen MR) is 101 cm³/mol. The van der Waals surface area contributed by atoms with Gasteiger partial charge in [-0.15, -0.1) is 0 Å². The van der Waals surface area contributed by atoms with E-state index in [9.17, 15) is 18.4 Å². The van der Waals surface area contributed by atoms with Crippen LogP contribution < -0.4 is 16.0 Å². The molecule has 0 aliphatic heterocycles. The summed E-state index contributed by atoms with van der Waals surface area (Å²) >= 11 is 6.17. The lowest BCUT2D eigenvalue weighted by Crippen LogP contribution is -2.24. The smallest absolute Gasteiger partial charge is 0.277 e. The fourth-order valence-corrected chi connectivity index (χ4v) is 2.86. The van der Waals surface area contributed by atoms with E-state index in [1.165, 1.54) is 22.9 Å². The van der Waals surface area contributed by atoms with E-state index in [1.807, 2.05) is 0 Å². The lowest BCUT2D eigenvalue weighted by molar-refractivity contribution is 0.0995. The molecule has 150 valence electrons. The summed E-state index contributed by atoms with van der Waals surface area (Å²) in [6.45, 7) is 2.99. The minimum Gasteiger partial charge on any atom is -0.485 e. The first-order valence-electron chi connectivity index (χ1n) is 8.30. The van der Waals surface area contributed by atoms with E-state index in [4.69, 9.17) is 22.1 Å². The van der Waals surface area contributed by atoms with Crippen LogP contribution in [-0.4, -0.2) is 20.4 Å². The van der Waals surface area contributed by atoms with Gasteiger partial charge in [0.25, 0.3) is 11.5 Å². The summed E-state index contributed by atoms with van der Waals surface area (Å²) in [6, 6.07) is 3.55. The topological polar surface area (TPSA) is 100 Å². The summed E-state index contributed by atoms with van der Waals surface area (Å²) in [5, 5.41) is -0.255. The summed E-state index contributed by atoms with van der Waals surface area (Å²) in [5.41, 5.74) is 5.94. The van der Waals surface area contributed by atoms with Crippen molar-refractivity contribution in [2.45, 2.75) is 20.5 Å². The molecule has 3 aromatic heterocycles. The van der Waals surface area contributed by atoms with E-state index < -0.39 is 23.1 Å². The molecule has 3 heterocycles. The van der Waals surface area contributed by atoms with E-state index in [0.717, 1.165) is 6.20 Å². The average molecular weight is 421 g/mol. The van der Waals surface area contributed by atoms with E-state index >= 15 is 0 Å². The van der Waals surface area contributed by atoms with Crippen LogP contribution in [0.4, 0.5) is 8.78 Å². The van der Waals surface area contributed by atoms with Crippen molar-refractivity contribution in [3.8, 4) is 11.4 Å². The number of carbonyl (C=O) groups excluding carboxylic acids is 1. The van der Waals surface area contributed by atoms with Crippen LogP contribution in [0, 0.1) is 25.5 Å². The van der Waals surface area contributed by atoms with Crippen molar-refractivity contribution in [1.29, 1.82) is 0 Å². The van der Waals surface area contributed by atoms with Gasteiger partial charge in [0.1, 0.15) is 34.6 Å². The predicted octanol–water partition coefficient (Wildman–Crippen LogP) is 2.85. The molecule has 0 saturated carbocycles. The Labute approximate surface area is 168 Å². The summed E-state index contributed by atoms with van der Waals surface area (Å²) in [5.74, 6) is -2.42. The van der Waals surface area contributed by atoms with Gasteiger partial charge in [-0.3, -0.25) is 24.1 Å². The first kappa shape index (κ1) is 20.4. The van der Waals surface area contributed by atoms with Crippen molar-refractivity contribution in [2.75, 3.05) is 0 Å². The average Bonchev–Trinajstić information content (AvgIpc) is 2.66. The second-order valence-electron chi connectivity index (χ2n) is 6.20. The van der Waals surface area contributed by atoms with Gasteiger partial charge in [0.05, 0.1) is 11.9 Å². The van der Waals surface area contributed by atoms with Crippen LogP contribution in [0.25, 0.3) is 5.69 Å². The number of ether oxygens (including phenoxy) is 1. The van der Waals surface area contributed by atoms with Crippen molar-refractivity contribution in [2.24, 2.45) is 5.73 Å². The minimum atomic E-state index is -0.877. The van der Waals surface area contributed by atoms with Gasteiger partial charge in [0.2, 0.25) is 0 Å². The standard InChI is InChI=1S/C19H15ClF2N4O3/c1-9-6-24-13(18(23)27)5-15(9)26-10(2)3-16(17(20)19(26)28)29-8-14-12(22)4-11(21)7-25-14/h3-7H,8H2,1-2H3,(H2,23,27). The molecule has 0 fully saturated rings. The Balaban J connectivity index is 2.00. The maximum atomic E-state index is 13.7. The third kappa shape index (κ3) is 4.09. The minimum absolute atomic E-state index is 0.00814. The zero-order chi connectivity index (χ0) is 21.3. The van der Waals surface area contributed by atoms with E-state index in [2.05, 4.69) is 9.97 Å². The molecule has 3 rings (SSSR count). The number of pyridine rings is 3. The second-order valence-corrected chi connectivity index (χ2v) is 6.57. The van der Waals surface area contributed by atoms with Gasteiger partial charge < -0.3 is 10.5 Å². The Morgan fingerprint density at radius 1 is 1.21 bits per heavy atom. The first-order valence-corrected chi connectivity index (χ1v) is 8.68. The number of aryl methyl sites for hydroxylation is 2. The number of nitrogens with two attached hydrogens (primary N) is 1. The van der Waals surface area contributed by atoms with Crippen LogP contribution in [0.1, 0.15) is 27.4 Å². The molecule has 29 heavy (non-hydrogen) atoms. The van der Waals surface area contributed by atoms with Crippen molar-refractivity contribution in [1.82, 2.24) is 14.5 Å². The summed E-state index contributed by atoms with van der Waals surface area (Å²) < 4.78 is 33.4. The zero-order valence-electron chi connectivity index (χ0n) is 15.4. The highest BCUT2D eigenvalue weighted by molar-refractivity contribution is 6.31. The van der Waals surface area contributed by atoms with Gasteiger partial charge in [-0.1, -0.05) is 11.6 Å². The maximum Gasteiger partial charge on any atom is 0.277 e. The number of amides is 1. The van der Waals surface area contributed by atoms with Crippen molar-refractivity contribution in [3.63, 3.8) is 0 Å². The maximum absolute atomic E-state index is 13.7. The Kier molecular flexibility index (Phi) is 5.60. The first-order chi connectivity index (χ1) is 13.7. The number of carbonyl (C=O) groups is 1. The molecule has 0 aliphatic carbocycles. The van der Waals surface area contributed by atoms with Gasteiger partial charge in [0, 0.05) is 24.0 Å². The van der Waals surface area contributed by atoms with Gasteiger partial charge in [0.15, 0.2) is 5.82 Å². The van der Waals surface area contributed by atoms with Gasteiger partial charge >= 0.3 is 0 Å². The van der Waals surface area contributed by atoms with Crippen LogP contribution in [0.5, 0.6) is 5.75 Å². The Bertz CT molecular complexity index is 1180. The van der Waals surface area contributed by atoms with E-state index in [-0.39, 0.29) is 28.8 Å². The lowest BCUT2D eigenvalue weighted by Gasteiger charge is -2.16. The number of aromatic nitrogens is 3. The molecule has 0 spiro atoms. The Hall–Kier alpha value is -3.33. The SMILES string of the molecule is Cc1cnc(C(N)=O)cc1-n1c(C)cc(OCc2ncc(F)cc2F)c(Cl)c1=O. The Morgan fingerprint density at radius 3 is 2.59 bits per heavy atom. The van der Waals surface area contributed by atoms with Gasteiger partial charge in [-0.05, 0) is 25.5 Å². The van der Waals surface area contributed by atoms with Crippen molar-refractivity contribution in [3.05, 3.63) is 80.2 Å². The highest BCUT2D eigenvalue weighted by Crippen LogP contribution is 2.25. The van der Waals surface area contributed by atoms with Gasteiger partial charge in [-0.25, -0.2) is 8.78 Å². The number of nitrogens with zero attached hydrogens (tertiary/aromatic N) is 3. The van der Waals surface area contributed by atoms with Crippen molar-refractivity contribution < 1.29 is 18.3 Å². The molecule has 0 saturated heterocycles. The fraction of sp³-hybridized carbons (Fsp3) is 0.158. The summed E-state index contributed by atoms with van der Waals surface area (Å²) in [7, 11) is 0. The molecule has 0 atom stereocenters. The molecule has 1 amide bonds. The molecular formula is C19H15ClF2N4O3. The monoisotopic (exact) mass is 420 g/mol. The van der Waals surface area contributed by atoms with Crippen LogP contribution in [0.2, 0.25) is 5.02 Å². The molecule has 3 aromatic rings. The van der Waals surface area contributed by atoms with Crippen molar-refractivity contribution >= 4 is 17.5 Å². The molecular weight excluding hydrogens is 406 g/mol. The number of primary amides is 1. The molecule has 7 nitrogen and oxygen atoms in total. The number of hydrogen-bond donors (Lipinski definition) is 1. The molecule has 0 aromatic carbocycles. The number of halogens is 3. The quantitative estimate of drug-likeness (QED) is 0.684. The highest BCUT2D eigenvalue weighted by Gasteiger charge is 2.17. The third-order valence-electron chi connectivity index (χ3n) is 4.12. The number of rotatable bonds is 5. The molecule has 2 N–H and O–H groups in total. The highest BCUT2D eigenvalue weighted by atomic mass is 35.5.